The third kappa shape index (κ3) is 1.40. The van der Waals surface area contributed by atoms with Crippen molar-refractivity contribution in [1.82, 2.24) is 3.71 Å². The highest BCUT2D eigenvalue weighted by Crippen LogP contribution is 2.25. The van der Waals surface area contributed by atoms with Crippen LogP contribution in [0, 0.1) is 0 Å². The average Bonchev–Trinajstić information content (AvgIpc) is 2.14. The Labute approximate surface area is 58.0 Å². The van der Waals surface area contributed by atoms with Crippen LogP contribution in [0.2, 0.25) is 0 Å². The van der Waals surface area contributed by atoms with Crippen LogP contribution in [0.4, 0.5) is 0 Å². The summed E-state index contributed by atoms with van der Waals surface area (Å²) >= 11 is 3.43. The van der Waals surface area contributed by atoms with Gasteiger partial charge in [0.25, 0.3) is 0 Å². The SMILES string of the molecule is CSN1CN=C(C)S1. The highest BCUT2D eigenvalue weighted by atomic mass is 32.2. The van der Waals surface area contributed by atoms with Crippen molar-refractivity contribution in [2.45, 2.75) is 6.92 Å². The maximum Gasteiger partial charge on any atom is 0.112 e. The van der Waals surface area contributed by atoms with E-state index in [4.69, 9.17) is 0 Å². The lowest BCUT2D eigenvalue weighted by Crippen LogP contribution is -1.98. The topological polar surface area (TPSA) is 15.6 Å². The summed E-state index contributed by atoms with van der Waals surface area (Å²) in [4.78, 5) is 4.17. The molecule has 0 amide bonds. The second-order valence-electron chi connectivity index (χ2n) is 1.43. The van der Waals surface area contributed by atoms with Crippen LogP contribution in [0.5, 0.6) is 0 Å². The quantitative estimate of drug-likeness (QED) is 0.525. The molecule has 0 aromatic heterocycles. The maximum absolute atomic E-state index is 4.17. The lowest BCUT2D eigenvalue weighted by Gasteiger charge is -2.04. The Morgan fingerprint density at radius 3 is 2.88 bits per heavy atom. The number of hydrogen-bond acceptors (Lipinski definition) is 4. The minimum absolute atomic E-state index is 0.845. The predicted molar refractivity (Wildman–Crippen MR) is 40.9 cm³/mol. The van der Waals surface area contributed by atoms with E-state index in [-0.39, 0.29) is 0 Å². The van der Waals surface area contributed by atoms with Crippen LogP contribution in [-0.4, -0.2) is 21.7 Å². The van der Waals surface area contributed by atoms with E-state index in [9.17, 15) is 0 Å². The highest BCUT2D eigenvalue weighted by molar-refractivity contribution is 8.20. The fourth-order valence-electron chi connectivity index (χ4n) is 0.457. The van der Waals surface area contributed by atoms with Gasteiger partial charge >= 0.3 is 0 Å². The van der Waals surface area contributed by atoms with Crippen molar-refractivity contribution in [1.29, 1.82) is 0 Å². The molecule has 1 rings (SSSR count). The van der Waals surface area contributed by atoms with Gasteiger partial charge in [0, 0.05) is 0 Å². The van der Waals surface area contributed by atoms with Gasteiger partial charge in [-0.15, -0.1) is 0 Å². The van der Waals surface area contributed by atoms with Gasteiger partial charge in [-0.3, -0.25) is 4.99 Å². The lowest BCUT2D eigenvalue weighted by molar-refractivity contribution is 0.787. The number of rotatable bonds is 1. The Morgan fingerprint density at radius 2 is 2.62 bits per heavy atom. The molecule has 0 radical (unpaired) electrons. The van der Waals surface area contributed by atoms with E-state index in [0.29, 0.717) is 0 Å². The molecule has 0 saturated carbocycles. The Hall–Kier alpha value is 0.330. The van der Waals surface area contributed by atoms with Gasteiger partial charge in [0.2, 0.25) is 0 Å². The van der Waals surface area contributed by atoms with Crippen LogP contribution in [0.25, 0.3) is 0 Å². The fourth-order valence-corrected chi connectivity index (χ4v) is 1.78. The molecule has 0 spiro atoms. The van der Waals surface area contributed by atoms with E-state index in [1.54, 1.807) is 23.9 Å². The van der Waals surface area contributed by atoms with E-state index in [1.807, 2.05) is 6.92 Å². The van der Waals surface area contributed by atoms with Gasteiger partial charge in [0.15, 0.2) is 0 Å². The summed E-state index contributed by atoms with van der Waals surface area (Å²) in [6, 6.07) is 0. The first-order valence-electron chi connectivity index (χ1n) is 2.33. The molecule has 4 heteroatoms. The van der Waals surface area contributed by atoms with Gasteiger partial charge in [-0.05, 0) is 25.1 Å². The molecule has 1 aliphatic heterocycles. The summed E-state index contributed by atoms with van der Waals surface area (Å²) in [6.45, 7) is 2.87. The molecule has 0 atom stereocenters. The molecule has 0 aromatic carbocycles. The zero-order valence-corrected chi connectivity index (χ0v) is 6.55. The van der Waals surface area contributed by atoms with Gasteiger partial charge in [-0.2, -0.15) is 3.71 Å². The minimum Gasteiger partial charge on any atom is -0.264 e. The first-order chi connectivity index (χ1) is 3.83. The smallest absolute Gasteiger partial charge is 0.112 e. The van der Waals surface area contributed by atoms with Crippen molar-refractivity contribution in [3.05, 3.63) is 0 Å². The molecular formula is C4H8N2S2. The molecular weight excluding hydrogens is 140 g/mol. The molecule has 0 saturated heterocycles. The van der Waals surface area contributed by atoms with Gasteiger partial charge in [0.05, 0.1) is 5.04 Å². The molecule has 1 aliphatic rings. The molecule has 1 heterocycles. The molecule has 46 valence electrons. The second kappa shape index (κ2) is 2.75. The van der Waals surface area contributed by atoms with E-state index < -0.39 is 0 Å². The largest absolute Gasteiger partial charge is 0.264 e. The molecule has 0 N–H and O–H groups in total. The molecule has 2 nitrogen and oxygen atoms in total. The normalized spacial score (nSPS) is 21.5. The van der Waals surface area contributed by atoms with Gasteiger partial charge in [-0.1, -0.05) is 11.9 Å². The predicted octanol–water partition coefficient (Wildman–Crippen LogP) is 1.60. The Morgan fingerprint density at radius 1 is 1.88 bits per heavy atom. The summed E-state index contributed by atoms with van der Waals surface area (Å²) in [5.74, 6) is 0. The van der Waals surface area contributed by atoms with Crippen LogP contribution < -0.4 is 0 Å². The van der Waals surface area contributed by atoms with E-state index in [2.05, 4.69) is 15.0 Å². The summed E-state index contributed by atoms with van der Waals surface area (Å²) in [5, 5.41) is 1.17. The molecule has 0 aromatic rings. The van der Waals surface area contributed by atoms with E-state index in [1.165, 1.54) is 5.04 Å². The molecule has 8 heavy (non-hydrogen) atoms. The number of nitrogens with zero attached hydrogens (tertiary/aromatic N) is 2. The molecule has 0 aliphatic carbocycles. The standard InChI is InChI=1S/C4H8N2S2/c1-4-5-3-6(7-2)8-4/h3H2,1-2H3. The zero-order valence-electron chi connectivity index (χ0n) is 4.92. The Bertz CT molecular complexity index is 113. The van der Waals surface area contributed by atoms with E-state index in [0.717, 1.165) is 6.67 Å². The van der Waals surface area contributed by atoms with Crippen LogP contribution >= 0.6 is 23.9 Å². The number of hydrogen-bond donors (Lipinski definition) is 0. The van der Waals surface area contributed by atoms with Crippen LogP contribution in [-0.2, 0) is 0 Å². The van der Waals surface area contributed by atoms with Gasteiger partial charge < -0.3 is 0 Å². The maximum atomic E-state index is 4.17. The summed E-state index contributed by atoms with van der Waals surface area (Å²) < 4.78 is 2.13. The molecule has 0 bridgehead atoms. The summed E-state index contributed by atoms with van der Waals surface area (Å²) in [5.41, 5.74) is 0. The van der Waals surface area contributed by atoms with Crippen molar-refractivity contribution >= 4 is 28.9 Å². The zero-order chi connectivity index (χ0) is 5.98. The summed E-state index contributed by atoms with van der Waals surface area (Å²) in [7, 11) is 0. The lowest BCUT2D eigenvalue weighted by atomic mass is 10.9. The van der Waals surface area contributed by atoms with Crippen molar-refractivity contribution < 1.29 is 0 Å². The van der Waals surface area contributed by atoms with Crippen LogP contribution in [0.1, 0.15) is 6.92 Å². The Balaban J connectivity index is 2.32. The monoisotopic (exact) mass is 148 g/mol. The second-order valence-corrected chi connectivity index (χ2v) is 3.68. The van der Waals surface area contributed by atoms with Crippen molar-refractivity contribution in [3.8, 4) is 0 Å². The van der Waals surface area contributed by atoms with Crippen LogP contribution in [0.15, 0.2) is 4.99 Å². The van der Waals surface area contributed by atoms with Crippen molar-refractivity contribution in [2.24, 2.45) is 4.99 Å². The highest BCUT2D eigenvalue weighted by Gasteiger charge is 2.10. The summed E-state index contributed by atoms with van der Waals surface area (Å²) in [6.07, 6.45) is 2.06. The van der Waals surface area contributed by atoms with Crippen LogP contribution in [0.3, 0.4) is 0 Å². The third-order valence-electron chi connectivity index (χ3n) is 0.846. The average molecular weight is 148 g/mol. The fraction of sp³-hybridized carbons (Fsp3) is 0.750. The number of aliphatic imine (C=N–C) groups is 1. The van der Waals surface area contributed by atoms with E-state index >= 15 is 0 Å². The minimum atomic E-state index is 0.845. The van der Waals surface area contributed by atoms with Gasteiger partial charge in [-0.25, -0.2) is 0 Å². The van der Waals surface area contributed by atoms with Crippen molar-refractivity contribution in [2.75, 3.05) is 12.9 Å². The van der Waals surface area contributed by atoms with Crippen molar-refractivity contribution in [3.63, 3.8) is 0 Å². The first-order valence-corrected chi connectivity index (χ1v) is 4.29. The molecule has 0 fully saturated rings. The van der Waals surface area contributed by atoms with Gasteiger partial charge in [0.1, 0.15) is 6.67 Å². The molecule has 0 unspecified atom stereocenters. The first kappa shape index (κ1) is 6.45. The Kier molecular flexibility index (Phi) is 2.22. The third-order valence-corrected chi connectivity index (χ3v) is 2.75.